The van der Waals surface area contributed by atoms with Crippen LogP contribution in [0.1, 0.15) is 13.3 Å². The highest BCUT2D eigenvalue weighted by atomic mass is 16.4. The number of hydrogen-bond donors (Lipinski definition) is 3. The summed E-state index contributed by atoms with van der Waals surface area (Å²) in [4.78, 5) is 21.7. The first-order chi connectivity index (χ1) is 6.50. The first-order valence-corrected chi connectivity index (χ1v) is 4.48. The molecule has 78 valence electrons. The first-order valence-electron chi connectivity index (χ1n) is 4.48. The van der Waals surface area contributed by atoms with E-state index in [0.717, 1.165) is 0 Å². The van der Waals surface area contributed by atoms with Crippen LogP contribution in [-0.4, -0.2) is 29.1 Å². The van der Waals surface area contributed by atoms with E-state index in [1.165, 1.54) is 0 Å². The molecule has 0 heterocycles. The van der Waals surface area contributed by atoms with E-state index in [2.05, 4.69) is 5.32 Å². The van der Waals surface area contributed by atoms with Crippen LogP contribution in [-0.2, 0) is 9.59 Å². The monoisotopic (exact) mass is 198 g/mol. The lowest BCUT2D eigenvalue weighted by Crippen LogP contribution is -2.42. The van der Waals surface area contributed by atoms with Crippen LogP contribution in [0.4, 0.5) is 0 Å². The van der Waals surface area contributed by atoms with E-state index >= 15 is 0 Å². The Hall–Kier alpha value is -1.36. The van der Waals surface area contributed by atoms with Gasteiger partial charge in [0.2, 0.25) is 5.91 Å². The van der Waals surface area contributed by atoms with Crippen LogP contribution >= 0.6 is 0 Å². The Morgan fingerprint density at radius 1 is 1.57 bits per heavy atom. The van der Waals surface area contributed by atoms with E-state index in [4.69, 9.17) is 10.8 Å². The smallest absolute Gasteiger partial charge is 0.310 e. The van der Waals surface area contributed by atoms with Crippen LogP contribution in [0.15, 0.2) is 12.2 Å². The molecule has 0 aromatic rings. The number of carboxylic acids is 1. The normalized spacial score (nSPS) is 27.3. The summed E-state index contributed by atoms with van der Waals surface area (Å²) in [7, 11) is 0. The maximum atomic E-state index is 11.2. The SMILES string of the molecule is C[C@H](N)C(=O)NC1C=CC(C(=O)O)C1. The number of aliphatic carboxylic acids is 1. The molecule has 1 aliphatic carbocycles. The minimum Gasteiger partial charge on any atom is -0.481 e. The third-order valence-electron chi connectivity index (χ3n) is 2.14. The molecule has 0 aliphatic heterocycles. The van der Waals surface area contributed by atoms with Gasteiger partial charge in [-0.25, -0.2) is 0 Å². The minimum atomic E-state index is -0.862. The highest BCUT2D eigenvalue weighted by Crippen LogP contribution is 2.17. The average Bonchev–Trinajstić information content (AvgIpc) is 2.52. The number of amides is 1. The van der Waals surface area contributed by atoms with Crippen LogP contribution < -0.4 is 11.1 Å². The Balaban J connectivity index is 2.41. The van der Waals surface area contributed by atoms with Gasteiger partial charge in [0.05, 0.1) is 12.0 Å². The van der Waals surface area contributed by atoms with E-state index in [1.54, 1.807) is 19.1 Å². The first kappa shape index (κ1) is 10.7. The van der Waals surface area contributed by atoms with E-state index in [1.807, 2.05) is 0 Å². The second kappa shape index (κ2) is 4.23. The molecule has 0 bridgehead atoms. The topological polar surface area (TPSA) is 92.4 Å². The molecule has 0 aromatic heterocycles. The third kappa shape index (κ3) is 2.56. The van der Waals surface area contributed by atoms with Crippen LogP contribution in [0.5, 0.6) is 0 Å². The molecule has 0 aromatic carbocycles. The maximum Gasteiger partial charge on any atom is 0.310 e. The summed E-state index contributed by atoms with van der Waals surface area (Å²) in [6, 6.07) is -0.762. The zero-order chi connectivity index (χ0) is 10.7. The Bertz CT molecular complexity index is 273. The number of hydrogen-bond acceptors (Lipinski definition) is 3. The lowest BCUT2D eigenvalue weighted by atomic mass is 10.1. The Kier molecular flexibility index (Phi) is 3.24. The quantitative estimate of drug-likeness (QED) is 0.532. The number of nitrogens with two attached hydrogens (primary N) is 1. The zero-order valence-corrected chi connectivity index (χ0v) is 7.93. The van der Waals surface area contributed by atoms with Gasteiger partial charge in [-0.05, 0) is 13.3 Å². The molecular formula is C9H14N2O3. The Morgan fingerprint density at radius 3 is 2.64 bits per heavy atom. The molecule has 1 rings (SSSR count). The van der Waals surface area contributed by atoms with E-state index in [0.29, 0.717) is 6.42 Å². The summed E-state index contributed by atoms with van der Waals surface area (Å²) >= 11 is 0. The number of carbonyl (C=O) groups excluding carboxylic acids is 1. The summed E-state index contributed by atoms with van der Waals surface area (Å²) in [5, 5.41) is 11.3. The number of rotatable bonds is 3. The lowest BCUT2D eigenvalue weighted by Gasteiger charge is -2.13. The number of nitrogens with one attached hydrogen (secondary N) is 1. The predicted octanol–water partition coefficient (Wildman–Crippen LogP) is -0.521. The van der Waals surface area contributed by atoms with Gasteiger partial charge < -0.3 is 16.2 Å². The Morgan fingerprint density at radius 2 is 2.21 bits per heavy atom. The molecule has 1 amide bonds. The van der Waals surface area contributed by atoms with Crippen molar-refractivity contribution in [2.45, 2.75) is 25.4 Å². The molecule has 2 unspecified atom stereocenters. The molecule has 5 heteroatoms. The highest BCUT2D eigenvalue weighted by Gasteiger charge is 2.25. The molecule has 0 radical (unpaired) electrons. The van der Waals surface area contributed by atoms with Crippen LogP contribution in [0, 0.1) is 5.92 Å². The van der Waals surface area contributed by atoms with E-state index < -0.39 is 17.9 Å². The van der Waals surface area contributed by atoms with Crippen molar-refractivity contribution in [1.82, 2.24) is 5.32 Å². The minimum absolute atomic E-state index is 0.199. The van der Waals surface area contributed by atoms with Crippen molar-refractivity contribution in [3.05, 3.63) is 12.2 Å². The molecular weight excluding hydrogens is 184 g/mol. The van der Waals surface area contributed by atoms with Gasteiger partial charge in [0, 0.05) is 6.04 Å². The lowest BCUT2D eigenvalue weighted by molar-refractivity contribution is -0.140. The van der Waals surface area contributed by atoms with Gasteiger partial charge in [0.25, 0.3) is 0 Å². The van der Waals surface area contributed by atoms with Crippen molar-refractivity contribution in [2.75, 3.05) is 0 Å². The van der Waals surface area contributed by atoms with Gasteiger partial charge in [0.1, 0.15) is 0 Å². The molecule has 1 aliphatic rings. The van der Waals surface area contributed by atoms with Gasteiger partial charge in [-0.2, -0.15) is 0 Å². The van der Waals surface area contributed by atoms with Gasteiger partial charge >= 0.3 is 5.97 Å². The predicted molar refractivity (Wildman–Crippen MR) is 50.5 cm³/mol. The molecule has 14 heavy (non-hydrogen) atoms. The summed E-state index contributed by atoms with van der Waals surface area (Å²) in [5.41, 5.74) is 5.36. The third-order valence-corrected chi connectivity index (χ3v) is 2.14. The molecule has 0 saturated carbocycles. The van der Waals surface area contributed by atoms with Crippen LogP contribution in [0.25, 0.3) is 0 Å². The van der Waals surface area contributed by atoms with Gasteiger partial charge in [0.15, 0.2) is 0 Å². The van der Waals surface area contributed by atoms with Gasteiger partial charge in [-0.1, -0.05) is 12.2 Å². The van der Waals surface area contributed by atoms with Crippen molar-refractivity contribution in [3.63, 3.8) is 0 Å². The van der Waals surface area contributed by atoms with Crippen LogP contribution in [0.2, 0.25) is 0 Å². The van der Waals surface area contributed by atoms with Crippen molar-refractivity contribution < 1.29 is 14.7 Å². The fourth-order valence-electron chi connectivity index (χ4n) is 1.30. The molecule has 4 N–H and O–H groups in total. The standard InChI is InChI=1S/C9H14N2O3/c1-5(10)8(12)11-7-3-2-6(4-7)9(13)14/h2-3,5-7H,4,10H2,1H3,(H,11,12)(H,13,14)/t5-,6?,7?/m0/s1. The largest absolute Gasteiger partial charge is 0.481 e. The van der Waals surface area contributed by atoms with Crippen molar-refractivity contribution >= 4 is 11.9 Å². The maximum absolute atomic E-state index is 11.2. The zero-order valence-electron chi connectivity index (χ0n) is 7.93. The van der Waals surface area contributed by atoms with Crippen molar-refractivity contribution in [2.24, 2.45) is 11.7 Å². The molecule has 0 spiro atoms. The van der Waals surface area contributed by atoms with Gasteiger partial charge in [-0.15, -0.1) is 0 Å². The number of carboxylic acid groups (broad SMARTS) is 1. The van der Waals surface area contributed by atoms with Crippen LogP contribution in [0.3, 0.4) is 0 Å². The second-order valence-corrected chi connectivity index (χ2v) is 3.47. The second-order valence-electron chi connectivity index (χ2n) is 3.47. The van der Waals surface area contributed by atoms with E-state index in [9.17, 15) is 9.59 Å². The molecule has 5 nitrogen and oxygen atoms in total. The fourth-order valence-corrected chi connectivity index (χ4v) is 1.30. The summed E-state index contributed by atoms with van der Waals surface area (Å²) in [5.74, 6) is -1.61. The van der Waals surface area contributed by atoms with Crippen molar-refractivity contribution in [3.8, 4) is 0 Å². The Labute approximate surface area is 82.0 Å². The molecule has 0 saturated heterocycles. The summed E-state index contributed by atoms with van der Waals surface area (Å²) in [6.07, 6.45) is 3.70. The summed E-state index contributed by atoms with van der Waals surface area (Å²) < 4.78 is 0. The molecule has 0 fully saturated rings. The average molecular weight is 198 g/mol. The fraction of sp³-hybridized carbons (Fsp3) is 0.556. The number of carbonyl (C=O) groups is 2. The van der Waals surface area contributed by atoms with E-state index in [-0.39, 0.29) is 11.9 Å². The van der Waals surface area contributed by atoms with Gasteiger partial charge in [-0.3, -0.25) is 9.59 Å². The molecule has 3 atom stereocenters. The highest BCUT2D eigenvalue weighted by molar-refractivity contribution is 5.82. The van der Waals surface area contributed by atoms with Crippen molar-refractivity contribution in [1.29, 1.82) is 0 Å². The summed E-state index contributed by atoms with van der Waals surface area (Å²) in [6.45, 7) is 1.59.